The molecule has 1 amide bonds. The highest BCUT2D eigenvalue weighted by molar-refractivity contribution is 5.82. The van der Waals surface area contributed by atoms with Gasteiger partial charge in [0.25, 0.3) is 0 Å². The van der Waals surface area contributed by atoms with Crippen LogP contribution in [0.2, 0.25) is 0 Å². The molecule has 4 atom stereocenters. The van der Waals surface area contributed by atoms with E-state index in [0.717, 1.165) is 12.0 Å². The van der Waals surface area contributed by atoms with E-state index in [0.29, 0.717) is 5.92 Å². The molecule has 0 radical (unpaired) electrons. The molecule has 100 valence electrons. The van der Waals surface area contributed by atoms with E-state index in [4.69, 9.17) is 5.21 Å². The normalized spacial score (nSPS) is 32.3. The molecular weight excluding hydrogens is 242 g/mol. The second-order valence-corrected chi connectivity index (χ2v) is 5.26. The number of carbonyl (C=O) groups excluding carboxylic acids is 1. The van der Waals surface area contributed by atoms with Crippen LogP contribution in [-0.2, 0) is 11.8 Å². The van der Waals surface area contributed by atoms with Gasteiger partial charge in [-0.05, 0) is 23.8 Å². The Morgan fingerprint density at radius 1 is 1.53 bits per heavy atom. The Kier molecular flexibility index (Phi) is 2.98. The van der Waals surface area contributed by atoms with Gasteiger partial charge in [0.15, 0.2) is 0 Å². The first-order chi connectivity index (χ1) is 9.22. The zero-order chi connectivity index (χ0) is 13.4. The molecule has 3 rings (SSSR count). The van der Waals surface area contributed by atoms with Crippen molar-refractivity contribution in [1.29, 1.82) is 0 Å². The van der Waals surface area contributed by atoms with Crippen LogP contribution >= 0.6 is 0 Å². The quantitative estimate of drug-likeness (QED) is 0.636. The van der Waals surface area contributed by atoms with Gasteiger partial charge in [0.1, 0.15) is 0 Å². The third kappa shape index (κ3) is 2.10. The number of hydrogen-bond donors (Lipinski definition) is 2. The van der Waals surface area contributed by atoms with Gasteiger partial charge in [-0.1, -0.05) is 24.3 Å². The summed E-state index contributed by atoms with van der Waals surface area (Å²) in [5.74, 6) is 0.314. The Morgan fingerprint density at radius 2 is 2.37 bits per heavy atom. The third-order valence-corrected chi connectivity index (χ3v) is 4.11. The van der Waals surface area contributed by atoms with Crippen molar-refractivity contribution in [2.75, 3.05) is 0 Å². The Labute approximate surface area is 111 Å². The molecule has 1 fully saturated rings. The number of nitrogens with zero attached hydrogens (tertiary/aromatic N) is 2. The molecule has 5 nitrogen and oxygen atoms in total. The van der Waals surface area contributed by atoms with Crippen LogP contribution in [0.4, 0.5) is 0 Å². The third-order valence-electron chi connectivity index (χ3n) is 4.11. The summed E-state index contributed by atoms with van der Waals surface area (Å²) in [7, 11) is 1.87. The fourth-order valence-electron chi connectivity index (χ4n) is 3.21. The van der Waals surface area contributed by atoms with Crippen LogP contribution in [0, 0.1) is 17.8 Å². The van der Waals surface area contributed by atoms with Gasteiger partial charge in [-0.3, -0.25) is 14.7 Å². The standard InChI is InChI=1S/C14H17N3O2/c1-17-8-10(7-15-17)12-11(13(12)14(18)16-19)9-5-3-2-4-6-9/h2-5,7-9,11-13,19H,6H2,1H3,(H,16,18)/t9?,11-,12-,13-/m1/s1. The molecule has 1 aromatic heterocycles. The van der Waals surface area contributed by atoms with Gasteiger partial charge in [-0.2, -0.15) is 5.10 Å². The van der Waals surface area contributed by atoms with Crippen LogP contribution in [0.25, 0.3) is 0 Å². The minimum Gasteiger partial charge on any atom is -0.289 e. The van der Waals surface area contributed by atoms with Crippen molar-refractivity contribution < 1.29 is 10.0 Å². The van der Waals surface area contributed by atoms with Crippen LogP contribution < -0.4 is 5.48 Å². The van der Waals surface area contributed by atoms with E-state index in [2.05, 4.69) is 17.3 Å². The molecule has 5 heteroatoms. The van der Waals surface area contributed by atoms with Gasteiger partial charge in [0.05, 0.1) is 12.1 Å². The number of amides is 1. The van der Waals surface area contributed by atoms with Crippen LogP contribution in [0.15, 0.2) is 36.7 Å². The number of aromatic nitrogens is 2. The van der Waals surface area contributed by atoms with Crippen LogP contribution in [0.1, 0.15) is 17.9 Å². The van der Waals surface area contributed by atoms with Crippen LogP contribution in [0.5, 0.6) is 0 Å². The lowest BCUT2D eigenvalue weighted by Crippen LogP contribution is -2.22. The first-order valence-electron chi connectivity index (χ1n) is 6.48. The molecule has 1 unspecified atom stereocenters. The van der Waals surface area contributed by atoms with Gasteiger partial charge in [0.2, 0.25) is 5.91 Å². The van der Waals surface area contributed by atoms with Gasteiger partial charge < -0.3 is 0 Å². The first-order valence-corrected chi connectivity index (χ1v) is 6.48. The fraction of sp³-hybridized carbons (Fsp3) is 0.429. The van der Waals surface area contributed by atoms with Crippen molar-refractivity contribution in [3.05, 3.63) is 42.3 Å². The lowest BCUT2D eigenvalue weighted by molar-refractivity contribution is -0.131. The molecule has 0 spiro atoms. The van der Waals surface area contributed by atoms with Gasteiger partial charge >= 0.3 is 0 Å². The zero-order valence-electron chi connectivity index (χ0n) is 10.7. The smallest absolute Gasteiger partial charge is 0.247 e. The molecule has 1 saturated carbocycles. The highest BCUT2D eigenvalue weighted by Gasteiger charge is 2.58. The number of hydrogen-bond acceptors (Lipinski definition) is 3. The van der Waals surface area contributed by atoms with E-state index in [-0.39, 0.29) is 23.7 Å². The highest BCUT2D eigenvalue weighted by atomic mass is 16.5. The maximum absolute atomic E-state index is 11.8. The molecule has 1 heterocycles. The van der Waals surface area contributed by atoms with E-state index >= 15 is 0 Å². The van der Waals surface area contributed by atoms with E-state index in [1.807, 2.05) is 31.6 Å². The maximum Gasteiger partial charge on any atom is 0.247 e. The van der Waals surface area contributed by atoms with Gasteiger partial charge in [-0.15, -0.1) is 0 Å². The average Bonchev–Trinajstić information content (AvgIpc) is 3.05. The predicted molar refractivity (Wildman–Crippen MR) is 69.2 cm³/mol. The lowest BCUT2D eigenvalue weighted by atomic mass is 9.93. The summed E-state index contributed by atoms with van der Waals surface area (Å²) in [5.41, 5.74) is 2.87. The molecule has 0 aromatic carbocycles. The molecule has 1 aromatic rings. The van der Waals surface area contributed by atoms with Crippen LogP contribution in [-0.4, -0.2) is 20.9 Å². The van der Waals surface area contributed by atoms with E-state index in [1.165, 1.54) is 0 Å². The summed E-state index contributed by atoms with van der Waals surface area (Å²) >= 11 is 0. The second-order valence-electron chi connectivity index (χ2n) is 5.26. The minimum absolute atomic E-state index is 0.155. The number of hydroxylamine groups is 1. The van der Waals surface area contributed by atoms with Gasteiger partial charge in [-0.25, -0.2) is 5.48 Å². The molecule has 2 N–H and O–H groups in total. The highest BCUT2D eigenvalue weighted by Crippen LogP contribution is 2.59. The monoisotopic (exact) mass is 259 g/mol. The average molecular weight is 259 g/mol. The summed E-state index contributed by atoms with van der Waals surface area (Å²) < 4.78 is 1.75. The SMILES string of the molecule is Cn1cc([C@H]2[C@H](C(=O)NO)[C@@H]2C2C=CC=CC2)cn1. The lowest BCUT2D eigenvalue weighted by Gasteiger charge is -2.12. The second kappa shape index (κ2) is 4.66. The summed E-state index contributed by atoms with van der Waals surface area (Å²) in [5, 5.41) is 13.0. The van der Waals surface area contributed by atoms with E-state index < -0.39 is 0 Å². The molecule has 0 saturated heterocycles. The Hall–Kier alpha value is -1.88. The zero-order valence-corrected chi connectivity index (χ0v) is 10.7. The fourth-order valence-corrected chi connectivity index (χ4v) is 3.21. The number of rotatable bonds is 3. The van der Waals surface area contributed by atoms with Crippen molar-refractivity contribution in [2.24, 2.45) is 24.8 Å². The number of nitrogens with one attached hydrogen (secondary N) is 1. The van der Waals surface area contributed by atoms with Crippen LogP contribution in [0.3, 0.4) is 0 Å². The van der Waals surface area contributed by atoms with E-state index in [1.54, 1.807) is 10.2 Å². The molecule has 0 bridgehead atoms. The van der Waals surface area contributed by atoms with Crippen molar-refractivity contribution in [1.82, 2.24) is 15.3 Å². The minimum atomic E-state index is -0.290. The molecule has 19 heavy (non-hydrogen) atoms. The summed E-state index contributed by atoms with van der Waals surface area (Å²) in [6, 6.07) is 0. The van der Waals surface area contributed by atoms with Crippen molar-refractivity contribution in [3.63, 3.8) is 0 Å². The van der Waals surface area contributed by atoms with Crippen molar-refractivity contribution in [3.8, 4) is 0 Å². The van der Waals surface area contributed by atoms with E-state index in [9.17, 15) is 4.79 Å². The largest absolute Gasteiger partial charge is 0.289 e. The topological polar surface area (TPSA) is 67.2 Å². The summed E-state index contributed by atoms with van der Waals surface area (Å²) in [4.78, 5) is 11.8. The number of carbonyl (C=O) groups is 1. The van der Waals surface area contributed by atoms with Gasteiger partial charge in [0, 0.05) is 19.2 Å². The molecule has 0 aliphatic heterocycles. The molecule has 2 aliphatic carbocycles. The maximum atomic E-state index is 11.8. The molecule has 2 aliphatic rings. The number of allylic oxidation sites excluding steroid dienone is 4. The first kappa shape index (κ1) is 12.2. The summed E-state index contributed by atoms with van der Waals surface area (Å²) in [6.45, 7) is 0. The van der Waals surface area contributed by atoms with Crippen molar-refractivity contribution >= 4 is 5.91 Å². The van der Waals surface area contributed by atoms with Crippen molar-refractivity contribution in [2.45, 2.75) is 12.3 Å². The Morgan fingerprint density at radius 3 is 2.95 bits per heavy atom. The molecular formula is C14H17N3O2. The predicted octanol–water partition coefficient (Wildman–Crippen LogP) is 1.39. The summed E-state index contributed by atoms with van der Waals surface area (Å²) in [6.07, 6.45) is 13.0. The number of aryl methyl sites for hydroxylation is 1. The Bertz CT molecular complexity index is 547. The Balaban J connectivity index is 1.83.